The number of thioether (sulfide) groups is 1. The Morgan fingerprint density at radius 3 is 2.65 bits per heavy atom. The third-order valence-corrected chi connectivity index (χ3v) is 6.44. The number of hydrogen-bond donors (Lipinski definition) is 1. The van der Waals surface area contributed by atoms with Crippen LogP contribution in [0.5, 0.6) is 5.75 Å². The van der Waals surface area contributed by atoms with Crippen LogP contribution in [0.2, 0.25) is 0 Å². The molecule has 4 rings (SSSR count). The topological polar surface area (TPSA) is 79.2 Å². The molecule has 0 saturated carbocycles. The Bertz CT molecular complexity index is 1320. The second kappa shape index (κ2) is 10.2. The van der Waals surface area contributed by atoms with Crippen LogP contribution in [0.1, 0.15) is 21.5 Å². The van der Waals surface area contributed by atoms with E-state index in [0.29, 0.717) is 32.6 Å². The van der Waals surface area contributed by atoms with E-state index in [0.717, 1.165) is 4.47 Å². The second-order valence-electron chi connectivity index (χ2n) is 7.32. The Kier molecular flexibility index (Phi) is 7.14. The first-order valence-electron chi connectivity index (χ1n) is 10.1. The maximum atomic E-state index is 13.5. The van der Waals surface area contributed by atoms with Crippen molar-refractivity contribution in [1.29, 1.82) is 0 Å². The molecule has 1 amide bonds. The van der Waals surface area contributed by atoms with E-state index in [1.807, 2.05) is 12.1 Å². The normalized spacial score (nSPS) is 15.9. The van der Waals surface area contributed by atoms with Crippen molar-refractivity contribution in [2.45, 2.75) is 6.61 Å². The molecule has 0 atom stereocenters. The maximum absolute atomic E-state index is 13.5. The minimum absolute atomic E-state index is 0.161. The molecule has 1 heterocycles. The molecule has 9 heteroatoms. The van der Waals surface area contributed by atoms with Crippen LogP contribution in [-0.4, -0.2) is 34.1 Å². The zero-order valence-corrected chi connectivity index (χ0v) is 20.3. The summed E-state index contributed by atoms with van der Waals surface area (Å²) in [7, 11) is 1.63. The van der Waals surface area contributed by atoms with Gasteiger partial charge in [-0.05, 0) is 78.0 Å². The number of carbonyl (C=O) groups excluding carboxylic acids is 1. The number of carbonyl (C=O) groups is 2. The number of likely N-dealkylation sites (N-methyl/N-ethyl adjacent to an activating group) is 1. The van der Waals surface area contributed by atoms with Crippen molar-refractivity contribution < 1.29 is 23.8 Å². The fourth-order valence-electron chi connectivity index (χ4n) is 3.13. The molecule has 172 valence electrons. The van der Waals surface area contributed by atoms with Gasteiger partial charge in [0.05, 0.1) is 16.2 Å². The summed E-state index contributed by atoms with van der Waals surface area (Å²) in [5.74, 6) is -1.02. The van der Waals surface area contributed by atoms with Crippen molar-refractivity contribution in [2.75, 3.05) is 7.05 Å². The number of aromatic carboxylic acids is 1. The molecule has 3 aromatic rings. The van der Waals surface area contributed by atoms with Gasteiger partial charge in [0.25, 0.3) is 5.91 Å². The van der Waals surface area contributed by atoms with Crippen molar-refractivity contribution in [2.24, 2.45) is 4.99 Å². The van der Waals surface area contributed by atoms with Crippen molar-refractivity contribution in [1.82, 2.24) is 4.90 Å². The number of ether oxygens (including phenoxy) is 1. The SMILES string of the molecule is CN1C(=O)/C(=C/c2cc(Br)ccc2OCc2cccc(F)c2)SC1=Nc1ccc(C(=O)O)cc1. The summed E-state index contributed by atoms with van der Waals surface area (Å²) >= 11 is 4.66. The molecule has 1 aliphatic rings. The minimum Gasteiger partial charge on any atom is -0.488 e. The highest BCUT2D eigenvalue weighted by molar-refractivity contribution is 9.10. The summed E-state index contributed by atoms with van der Waals surface area (Å²) in [5.41, 5.74) is 2.07. The molecule has 1 aliphatic heterocycles. The molecule has 3 aromatic carbocycles. The van der Waals surface area contributed by atoms with E-state index in [-0.39, 0.29) is 23.9 Å². The first-order chi connectivity index (χ1) is 16.3. The summed E-state index contributed by atoms with van der Waals surface area (Å²) in [6.45, 7) is 0.176. The fourth-order valence-corrected chi connectivity index (χ4v) is 4.49. The highest BCUT2D eigenvalue weighted by Gasteiger charge is 2.30. The average molecular weight is 541 g/mol. The first-order valence-corrected chi connectivity index (χ1v) is 11.7. The number of rotatable bonds is 6. The van der Waals surface area contributed by atoms with Crippen LogP contribution in [-0.2, 0) is 11.4 Å². The number of benzene rings is 3. The Morgan fingerprint density at radius 2 is 1.94 bits per heavy atom. The highest BCUT2D eigenvalue weighted by atomic mass is 79.9. The summed E-state index contributed by atoms with van der Waals surface area (Å²) in [4.78, 5) is 30.3. The molecule has 0 aromatic heterocycles. The third-order valence-electron chi connectivity index (χ3n) is 4.88. The van der Waals surface area contributed by atoms with Crippen LogP contribution in [0.4, 0.5) is 10.1 Å². The standard InChI is InChI=1S/C25H18BrFN2O4S/c1-29-23(30)22(34-25(29)28-20-8-5-16(6-9-20)24(31)32)13-17-12-18(26)7-10-21(17)33-14-15-3-2-4-19(27)11-15/h2-13H,14H2,1H3,(H,31,32)/b22-13-,28-25?. The molecule has 6 nitrogen and oxygen atoms in total. The van der Waals surface area contributed by atoms with Crippen LogP contribution < -0.4 is 4.74 Å². The summed E-state index contributed by atoms with van der Waals surface area (Å²) in [6, 6.07) is 17.7. The monoisotopic (exact) mass is 540 g/mol. The maximum Gasteiger partial charge on any atom is 0.335 e. The van der Waals surface area contributed by atoms with Gasteiger partial charge in [0.1, 0.15) is 18.2 Å². The van der Waals surface area contributed by atoms with Crippen molar-refractivity contribution in [3.63, 3.8) is 0 Å². The van der Waals surface area contributed by atoms with Gasteiger partial charge in [0.15, 0.2) is 5.17 Å². The Morgan fingerprint density at radius 1 is 1.18 bits per heavy atom. The van der Waals surface area contributed by atoms with Gasteiger partial charge in [-0.3, -0.25) is 9.69 Å². The van der Waals surface area contributed by atoms with Crippen LogP contribution in [0.3, 0.4) is 0 Å². The molecule has 34 heavy (non-hydrogen) atoms. The van der Waals surface area contributed by atoms with Gasteiger partial charge in [-0.15, -0.1) is 0 Å². The van der Waals surface area contributed by atoms with E-state index in [9.17, 15) is 14.0 Å². The van der Waals surface area contributed by atoms with Gasteiger partial charge in [-0.1, -0.05) is 28.1 Å². The van der Waals surface area contributed by atoms with E-state index in [4.69, 9.17) is 9.84 Å². The van der Waals surface area contributed by atoms with Crippen LogP contribution in [0.15, 0.2) is 81.1 Å². The van der Waals surface area contributed by atoms with Gasteiger partial charge in [-0.25, -0.2) is 14.2 Å². The molecule has 1 fully saturated rings. The molecular formula is C25H18BrFN2O4S. The molecule has 0 bridgehead atoms. The zero-order valence-electron chi connectivity index (χ0n) is 17.9. The van der Waals surface area contributed by atoms with E-state index < -0.39 is 5.97 Å². The lowest BCUT2D eigenvalue weighted by atomic mass is 10.1. The van der Waals surface area contributed by atoms with E-state index in [1.165, 1.54) is 40.9 Å². The number of carboxylic acids is 1. The van der Waals surface area contributed by atoms with E-state index in [1.54, 1.807) is 43.5 Å². The predicted octanol–water partition coefficient (Wildman–Crippen LogP) is 6.10. The molecule has 0 radical (unpaired) electrons. The summed E-state index contributed by atoms with van der Waals surface area (Å²) < 4.78 is 20.2. The lowest BCUT2D eigenvalue weighted by Crippen LogP contribution is -2.23. The van der Waals surface area contributed by atoms with Gasteiger partial charge in [0, 0.05) is 17.1 Å². The van der Waals surface area contributed by atoms with Crippen LogP contribution >= 0.6 is 27.7 Å². The minimum atomic E-state index is -1.02. The molecule has 1 saturated heterocycles. The quantitative estimate of drug-likeness (QED) is 0.382. The highest BCUT2D eigenvalue weighted by Crippen LogP contribution is 2.35. The third kappa shape index (κ3) is 5.55. The Balaban J connectivity index is 1.58. The molecule has 1 N–H and O–H groups in total. The molecule has 0 aliphatic carbocycles. The van der Waals surface area contributed by atoms with Gasteiger partial charge < -0.3 is 9.84 Å². The number of hydrogen-bond acceptors (Lipinski definition) is 5. The number of carboxylic acid groups (broad SMARTS) is 1. The van der Waals surface area contributed by atoms with E-state index in [2.05, 4.69) is 20.9 Å². The molecular weight excluding hydrogens is 523 g/mol. The number of aliphatic imine (C=N–C) groups is 1. The predicted molar refractivity (Wildman–Crippen MR) is 134 cm³/mol. The lowest BCUT2D eigenvalue weighted by molar-refractivity contribution is -0.121. The largest absolute Gasteiger partial charge is 0.488 e. The second-order valence-corrected chi connectivity index (χ2v) is 9.25. The Hall–Kier alpha value is -3.43. The Labute approximate surface area is 207 Å². The summed E-state index contributed by atoms with van der Waals surface area (Å²) in [5, 5.41) is 9.51. The first kappa shape index (κ1) is 23.7. The van der Waals surface area contributed by atoms with Crippen molar-refractivity contribution in [3.8, 4) is 5.75 Å². The lowest BCUT2D eigenvalue weighted by Gasteiger charge is -2.10. The smallest absolute Gasteiger partial charge is 0.335 e. The number of amides is 1. The number of amidine groups is 1. The van der Waals surface area contributed by atoms with Crippen LogP contribution in [0.25, 0.3) is 6.08 Å². The van der Waals surface area contributed by atoms with Crippen molar-refractivity contribution in [3.05, 3.63) is 98.6 Å². The van der Waals surface area contributed by atoms with Gasteiger partial charge >= 0.3 is 5.97 Å². The zero-order chi connectivity index (χ0) is 24.2. The number of nitrogens with zero attached hydrogens (tertiary/aromatic N) is 2. The molecule has 0 spiro atoms. The summed E-state index contributed by atoms with van der Waals surface area (Å²) in [6.07, 6.45) is 1.73. The fraction of sp³-hybridized carbons (Fsp3) is 0.0800. The molecule has 0 unspecified atom stereocenters. The van der Waals surface area contributed by atoms with Gasteiger partial charge in [0.2, 0.25) is 0 Å². The van der Waals surface area contributed by atoms with Crippen LogP contribution in [0, 0.1) is 5.82 Å². The number of halogens is 2. The van der Waals surface area contributed by atoms with E-state index >= 15 is 0 Å². The average Bonchev–Trinajstić information content (AvgIpc) is 3.06. The van der Waals surface area contributed by atoms with Crippen molar-refractivity contribution >= 4 is 56.5 Å². The van der Waals surface area contributed by atoms with Gasteiger partial charge in [-0.2, -0.15) is 0 Å².